The average molecular weight is 351 g/mol. The summed E-state index contributed by atoms with van der Waals surface area (Å²) in [6.07, 6.45) is 14.3. The third-order valence-corrected chi connectivity index (χ3v) is 3.41. The maximum atomic E-state index is 12.3. The van der Waals surface area contributed by atoms with Crippen LogP contribution in [0.3, 0.4) is 0 Å². The number of nitrogens with zero attached hydrogens (tertiary/aromatic N) is 2. The van der Waals surface area contributed by atoms with Gasteiger partial charge in [0.1, 0.15) is 5.76 Å². The number of nitrogens with one attached hydrogen (secondary N) is 1. The van der Waals surface area contributed by atoms with Gasteiger partial charge in [-0.15, -0.1) is 0 Å². The molecule has 5 heteroatoms. The van der Waals surface area contributed by atoms with E-state index in [9.17, 15) is 4.79 Å². The second-order valence-corrected chi connectivity index (χ2v) is 6.08. The van der Waals surface area contributed by atoms with Gasteiger partial charge in [-0.25, -0.2) is 0 Å². The Balaban J connectivity index is 2.10. The molecule has 2 rings (SSSR count). The molecule has 0 atom stereocenters. The Bertz CT molecular complexity index is 768. The molecule has 5 nitrogen and oxygen atoms in total. The summed E-state index contributed by atoms with van der Waals surface area (Å²) in [4.78, 5) is 20.4. The molecule has 0 bridgehead atoms. The minimum absolute atomic E-state index is 0.0961. The van der Waals surface area contributed by atoms with Crippen molar-refractivity contribution >= 4 is 11.6 Å². The van der Waals surface area contributed by atoms with Crippen molar-refractivity contribution in [3.8, 4) is 0 Å². The summed E-state index contributed by atoms with van der Waals surface area (Å²) < 4.78 is 5.88. The third-order valence-electron chi connectivity index (χ3n) is 3.41. The summed E-state index contributed by atoms with van der Waals surface area (Å²) >= 11 is 0. The molecule has 1 N–H and O–H groups in total. The van der Waals surface area contributed by atoms with E-state index in [1.807, 2.05) is 32.1 Å². The Morgan fingerprint density at radius 2 is 2.00 bits per heavy atom. The minimum atomic E-state index is -0.188. The molecular weight excluding hydrogens is 326 g/mol. The Labute approximate surface area is 154 Å². The SMILES string of the molecule is CC/C=C\C=C(/Cc1cncc(NC(=O)c2ccncc2)c1)OC(C)C. The van der Waals surface area contributed by atoms with Crippen LogP contribution >= 0.6 is 0 Å². The molecule has 0 aromatic carbocycles. The van der Waals surface area contributed by atoms with E-state index < -0.39 is 0 Å². The second kappa shape index (κ2) is 10.1. The highest BCUT2D eigenvalue weighted by Gasteiger charge is 2.08. The Morgan fingerprint density at radius 3 is 2.69 bits per heavy atom. The lowest BCUT2D eigenvalue weighted by molar-refractivity contribution is 0.102. The molecule has 2 aromatic rings. The number of anilines is 1. The van der Waals surface area contributed by atoms with Gasteiger partial charge in [-0.1, -0.05) is 19.1 Å². The van der Waals surface area contributed by atoms with E-state index in [-0.39, 0.29) is 12.0 Å². The number of hydrogen-bond acceptors (Lipinski definition) is 4. The normalized spacial score (nSPS) is 11.8. The quantitative estimate of drug-likeness (QED) is 0.560. The summed E-state index contributed by atoms with van der Waals surface area (Å²) in [5, 5.41) is 2.86. The molecule has 0 fully saturated rings. The average Bonchev–Trinajstić information content (AvgIpc) is 2.62. The van der Waals surface area contributed by atoms with Crippen LogP contribution in [0.5, 0.6) is 0 Å². The van der Waals surface area contributed by atoms with Crippen LogP contribution in [0.15, 0.2) is 67.0 Å². The van der Waals surface area contributed by atoms with Gasteiger partial charge in [-0.2, -0.15) is 0 Å². The first-order valence-corrected chi connectivity index (χ1v) is 8.76. The number of hydrogen-bond donors (Lipinski definition) is 1. The van der Waals surface area contributed by atoms with Gasteiger partial charge < -0.3 is 10.1 Å². The fourth-order valence-corrected chi connectivity index (χ4v) is 2.31. The van der Waals surface area contributed by atoms with Crippen LogP contribution in [0.2, 0.25) is 0 Å². The highest BCUT2D eigenvalue weighted by Crippen LogP contribution is 2.16. The molecule has 0 radical (unpaired) electrons. The number of ether oxygens (including phenoxy) is 1. The highest BCUT2D eigenvalue weighted by molar-refractivity contribution is 6.04. The summed E-state index contributed by atoms with van der Waals surface area (Å²) in [6, 6.07) is 5.25. The molecule has 0 spiro atoms. The van der Waals surface area contributed by atoms with Crippen molar-refractivity contribution in [2.24, 2.45) is 0 Å². The Hall–Kier alpha value is -2.95. The molecule has 0 saturated heterocycles. The predicted octanol–water partition coefficient (Wildman–Crippen LogP) is 4.55. The van der Waals surface area contributed by atoms with E-state index in [4.69, 9.17) is 4.74 Å². The number of rotatable bonds is 8. The van der Waals surface area contributed by atoms with E-state index in [0.717, 1.165) is 17.7 Å². The van der Waals surface area contributed by atoms with Crippen molar-refractivity contribution in [1.82, 2.24) is 9.97 Å². The molecule has 2 aromatic heterocycles. The number of carbonyl (C=O) groups excluding carboxylic acids is 1. The zero-order valence-electron chi connectivity index (χ0n) is 15.5. The standard InChI is InChI=1S/C21H25N3O2/c1-4-5-6-7-20(26-16(2)3)13-17-12-19(15-23-14-17)24-21(25)18-8-10-22-11-9-18/h5-12,14-16H,4,13H2,1-3H3,(H,24,25)/b6-5-,20-7+. The molecule has 0 aliphatic heterocycles. The van der Waals surface area contributed by atoms with Gasteiger partial charge in [0.05, 0.1) is 18.0 Å². The predicted molar refractivity (Wildman–Crippen MR) is 104 cm³/mol. The van der Waals surface area contributed by atoms with Crippen LogP contribution < -0.4 is 5.32 Å². The van der Waals surface area contributed by atoms with E-state index in [1.165, 1.54) is 0 Å². The summed E-state index contributed by atoms with van der Waals surface area (Å²) in [5.74, 6) is 0.676. The van der Waals surface area contributed by atoms with Crippen molar-refractivity contribution in [1.29, 1.82) is 0 Å². The van der Waals surface area contributed by atoms with Crippen molar-refractivity contribution in [3.05, 3.63) is 78.1 Å². The topological polar surface area (TPSA) is 64.1 Å². The Morgan fingerprint density at radius 1 is 1.23 bits per heavy atom. The fraction of sp³-hybridized carbons (Fsp3) is 0.286. The first-order chi connectivity index (χ1) is 12.6. The molecule has 0 aliphatic rings. The number of aromatic nitrogens is 2. The monoisotopic (exact) mass is 351 g/mol. The Kier molecular flexibility index (Phi) is 7.55. The molecule has 0 saturated carbocycles. The van der Waals surface area contributed by atoms with Crippen LogP contribution in [0, 0.1) is 0 Å². The van der Waals surface area contributed by atoms with Crippen molar-refractivity contribution in [2.45, 2.75) is 39.7 Å². The minimum Gasteiger partial charge on any atom is -0.495 e. The van der Waals surface area contributed by atoms with E-state index in [1.54, 1.807) is 36.9 Å². The molecule has 1 amide bonds. The molecule has 0 unspecified atom stereocenters. The number of allylic oxidation sites excluding steroid dienone is 4. The lowest BCUT2D eigenvalue weighted by Crippen LogP contribution is -2.12. The number of amides is 1. The van der Waals surface area contributed by atoms with Crippen LogP contribution in [-0.2, 0) is 11.2 Å². The van der Waals surface area contributed by atoms with E-state index >= 15 is 0 Å². The van der Waals surface area contributed by atoms with Crippen LogP contribution in [0.1, 0.15) is 43.1 Å². The van der Waals surface area contributed by atoms with Crippen LogP contribution in [0.25, 0.3) is 0 Å². The second-order valence-electron chi connectivity index (χ2n) is 6.08. The largest absolute Gasteiger partial charge is 0.495 e. The summed E-state index contributed by atoms with van der Waals surface area (Å²) in [7, 11) is 0. The first-order valence-electron chi connectivity index (χ1n) is 8.76. The van der Waals surface area contributed by atoms with E-state index in [0.29, 0.717) is 17.7 Å². The molecule has 136 valence electrons. The highest BCUT2D eigenvalue weighted by atomic mass is 16.5. The molecule has 2 heterocycles. The van der Waals surface area contributed by atoms with Crippen LogP contribution in [-0.4, -0.2) is 22.0 Å². The van der Waals surface area contributed by atoms with Gasteiger partial charge in [0, 0.05) is 30.6 Å². The zero-order valence-corrected chi connectivity index (χ0v) is 15.5. The van der Waals surface area contributed by atoms with Crippen molar-refractivity contribution in [3.63, 3.8) is 0 Å². The van der Waals surface area contributed by atoms with Crippen molar-refractivity contribution < 1.29 is 9.53 Å². The van der Waals surface area contributed by atoms with Gasteiger partial charge in [0.15, 0.2) is 0 Å². The van der Waals surface area contributed by atoms with Gasteiger partial charge in [0.2, 0.25) is 0 Å². The lowest BCUT2D eigenvalue weighted by Gasteiger charge is -2.14. The maximum absolute atomic E-state index is 12.3. The van der Waals surface area contributed by atoms with E-state index in [2.05, 4.69) is 28.3 Å². The number of carbonyl (C=O) groups is 1. The molecule has 0 aliphatic carbocycles. The number of pyridine rings is 2. The zero-order chi connectivity index (χ0) is 18.8. The van der Waals surface area contributed by atoms with Gasteiger partial charge in [0.25, 0.3) is 5.91 Å². The van der Waals surface area contributed by atoms with Gasteiger partial charge >= 0.3 is 0 Å². The summed E-state index contributed by atoms with van der Waals surface area (Å²) in [6.45, 7) is 6.09. The molecule has 26 heavy (non-hydrogen) atoms. The van der Waals surface area contributed by atoms with Crippen LogP contribution in [0.4, 0.5) is 5.69 Å². The lowest BCUT2D eigenvalue weighted by atomic mass is 10.1. The first kappa shape index (κ1) is 19.4. The third kappa shape index (κ3) is 6.51. The van der Waals surface area contributed by atoms with Crippen molar-refractivity contribution in [2.75, 3.05) is 5.32 Å². The van der Waals surface area contributed by atoms with Gasteiger partial charge in [-0.3, -0.25) is 14.8 Å². The summed E-state index contributed by atoms with van der Waals surface area (Å²) in [5.41, 5.74) is 2.17. The maximum Gasteiger partial charge on any atom is 0.255 e. The smallest absolute Gasteiger partial charge is 0.255 e. The fourth-order valence-electron chi connectivity index (χ4n) is 2.31. The van der Waals surface area contributed by atoms with Gasteiger partial charge in [-0.05, 0) is 50.1 Å². The molecular formula is C21H25N3O2.